The Balaban J connectivity index is 2.24. The van der Waals surface area contributed by atoms with Gasteiger partial charge in [-0.3, -0.25) is 4.79 Å². The molecule has 3 nitrogen and oxygen atoms in total. The number of carboxylic acid groups (broad SMARTS) is 1. The lowest BCUT2D eigenvalue weighted by Gasteiger charge is -2.35. The van der Waals surface area contributed by atoms with Crippen LogP contribution >= 0.6 is 0 Å². The normalized spacial score (nSPS) is 25.9. The first-order valence-corrected chi connectivity index (χ1v) is 6.56. The second-order valence-corrected chi connectivity index (χ2v) is 5.25. The van der Waals surface area contributed by atoms with Crippen molar-refractivity contribution in [2.45, 2.75) is 58.4 Å². The Morgan fingerprint density at radius 2 is 2.06 bits per heavy atom. The zero-order valence-electron chi connectivity index (χ0n) is 10.5. The monoisotopic (exact) mass is 227 g/mol. The van der Waals surface area contributed by atoms with E-state index in [0.29, 0.717) is 6.04 Å². The second-order valence-electron chi connectivity index (χ2n) is 5.25. The third-order valence-corrected chi connectivity index (χ3v) is 3.65. The second kappa shape index (κ2) is 6.89. The van der Waals surface area contributed by atoms with Crippen LogP contribution in [0.5, 0.6) is 0 Å². The molecule has 1 aliphatic rings. The minimum atomic E-state index is -0.689. The summed E-state index contributed by atoms with van der Waals surface area (Å²) in [6.45, 7) is 5.43. The summed E-state index contributed by atoms with van der Waals surface area (Å²) in [5.41, 5.74) is 0. The largest absolute Gasteiger partial charge is 0.481 e. The average Bonchev–Trinajstić information content (AvgIpc) is 2.24. The number of hydrogen-bond donors (Lipinski definition) is 2. The van der Waals surface area contributed by atoms with Gasteiger partial charge in [0.05, 0.1) is 0 Å². The van der Waals surface area contributed by atoms with Crippen molar-refractivity contribution >= 4 is 5.97 Å². The van der Waals surface area contributed by atoms with Gasteiger partial charge in [0.25, 0.3) is 0 Å². The number of carboxylic acids is 1. The van der Waals surface area contributed by atoms with Crippen molar-refractivity contribution in [3.63, 3.8) is 0 Å². The molecule has 0 amide bonds. The molecular formula is C13H25NO2. The van der Waals surface area contributed by atoms with Crippen LogP contribution < -0.4 is 5.32 Å². The molecule has 1 aliphatic carbocycles. The van der Waals surface area contributed by atoms with Gasteiger partial charge in [-0.2, -0.15) is 0 Å². The maximum Gasteiger partial charge on any atom is 0.303 e. The van der Waals surface area contributed by atoms with Crippen LogP contribution in [0.3, 0.4) is 0 Å². The first-order chi connectivity index (χ1) is 7.61. The standard InChI is InChI=1S/C13H25NO2/c1-10(2)11-6-3-4-7-12(11)14-9-5-8-13(15)16/h10-12,14H,3-9H2,1-2H3,(H,15,16). The van der Waals surface area contributed by atoms with Crippen molar-refractivity contribution in [2.24, 2.45) is 11.8 Å². The minimum absolute atomic E-state index is 0.284. The van der Waals surface area contributed by atoms with Gasteiger partial charge in [0.1, 0.15) is 0 Å². The summed E-state index contributed by atoms with van der Waals surface area (Å²) < 4.78 is 0. The molecular weight excluding hydrogens is 202 g/mol. The third-order valence-electron chi connectivity index (χ3n) is 3.65. The number of hydrogen-bond acceptors (Lipinski definition) is 2. The molecule has 0 radical (unpaired) electrons. The summed E-state index contributed by atoms with van der Waals surface area (Å²) >= 11 is 0. The number of aliphatic carboxylic acids is 1. The molecule has 1 fully saturated rings. The molecule has 3 heteroatoms. The van der Waals surface area contributed by atoms with E-state index in [9.17, 15) is 4.79 Å². The number of nitrogens with one attached hydrogen (secondary N) is 1. The van der Waals surface area contributed by atoms with Gasteiger partial charge in [-0.15, -0.1) is 0 Å². The molecule has 0 aliphatic heterocycles. The van der Waals surface area contributed by atoms with Crippen LogP contribution in [0.1, 0.15) is 52.4 Å². The fraction of sp³-hybridized carbons (Fsp3) is 0.923. The molecule has 0 saturated heterocycles. The van der Waals surface area contributed by atoms with E-state index >= 15 is 0 Å². The van der Waals surface area contributed by atoms with Crippen LogP contribution in [0, 0.1) is 11.8 Å². The maximum atomic E-state index is 10.4. The maximum absolute atomic E-state index is 10.4. The van der Waals surface area contributed by atoms with Gasteiger partial charge < -0.3 is 10.4 Å². The van der Waals surface area contributed by atoms with Crippen molar-refractivity contribution in [2.75, 3.05) is 6.54 Å². The smallest absolute Gasteiger partial charge is 0.303 e. The van der Waals surface area contributed by atoms with Crippen molar-refractivity contribution in [3.8, 4) is 0 Å². The third kappa shape index (κ3) is 4.52. The van der Waals surface area contributed by atoms with E-state index in [1.807, 2.05) is 0 Å². The molecule has 16 heavy (non-hydrogen) atoms. The van der Waals surface area contributed by atoms with Gasteiger partial charge in [0, 0.05) is 12.5 Å². The summed E-state index contributed by atoms with van der Waals surface area (Å²) in [7, 11) is 0. The van der Waals surface area contributed by atoms with Gasteiger partial charge in [0.2, 0.25) is 0 Å². The van der Waals surface area contributed by atoms with Crippen LogP contribution in [-0.4, -0.2) is 23.7 Å². The van der Waals surface area contributed by atoms with Gasteiger partial charge in [-0.25, -0.2) is 0 Å². The minimum Gasteiger partial charge on any atom is -0.481 e. The molecule has 0 aromatic rings. The Hall–Kier alpha value is -0.570. The van der Waals surface area contributed by atoms with E-state index in [0.717, 1.165) is 24.8 Å². The lowest BCUT2D eigenvalue weighted by atomic mass is 9.78. The topological polar surface area (TPSA) is 49.3 Å². The Morgan fingerprint density at radius 1 is 1.38 bits per heavy atom. The van der Waals surface area contributed by atoms with Crippen molar-refractivity contribution < 1.29 is 9.90 Å². The summed E-state index contributed by atoms with van der Waals surface area (Å²) in [5.74, 6) is 0.821. The highest BCUT2D eigenvalue weighted by atomic mass is 16.4. The van der Waals surface area contributed by atoms with E-state index < -0.39 is 5.97 Å². The van der Waals surface area contributed by atoms with Crippen LogP contribution in [0.15, 0.2) is 0 Å². The molecule has 0 aromatic carbocycles. The van der Waals surface area contributed by atoms with E-state index in [1.165, 1.54) is 25.7 Å². The van der Waals surface area contributed by atoms with E-state index in [4.69, 9.17) is 5.11 Å². The molecule has 0 spiro atoms. The quantitative estimate of drug-likeness (QED) is 0.686. The van der Waals surface area contributed by atoms with Crippen molar-refractivity contribution in [1.29, 1.82) is 0 Å². The van der Waals surface area contributed by atoms with Crippen molar-refractivity contribution in [1.82, 2.24) is 5.32 Å². The van der Waals surface area contributed by atoms with Gasteiger partial charge in [-0.1, -0.05) is 26.7 Å². The van der Waals surface area contributed by atoms with Gasteiger partial charge in [-0.05, 0) is 37.6 Å². The van der Waals surface area contributed by atoms with Crippen LogP contribution in [0.4, 0.5) is 0 Å². The van der Waals surface area contributed by atoms with Gasteiger partial charge in [0.15, 0.2) is 0 Å². The number of rotatable bonds is 6. The highest BCUT2D eigenvalue weighted by Gasteiger charge is 2.26. The molecule has 2 atom stereocenters. The molecule has 2 unspecified atom stereocenters. The Labute approximate surface area is 98.6 Å². The van der Waals surface area contributed by atoms with Crippen LogP contribution in [0.25, 0.3) is 0 Å². The Bertz CT molecular complexity index is 216. The molecule has 0 aromatic heterocycles. The molecule has 94 valence electrons. The zero-order chi connectivity index (χ0) is 12.0. The van der Waals surface area contributed by atoms with Crippen LogP contribution in [-0.2, 0) is 4.79 Å². The predicted molar refractivity (Wildman–Crippen MR) is 65.5 cm³/mol. The Kier molecular flexibility index (Phi) is 5.81. The van der Waals surface area contributed by atoms with Gasteiger partial charge >= 0.3 is 5.97 Å². The predicted octanol–water partition coefficient (Wildman–Crippen LogP) is 2.66. The fourth-order valence-corrected chi connectivity index (χ4v) is 2.74. The molecule has 1 rings (SSSR count). The highest BCUT2D eigenvalue weighted by molar-refractivity contribution is 5.66. The lowest BCUT2D eigenvalue weighted by Crippen LogP contribution is -2.41. The van der Waals surface area contributed by atoms with E-state index in [-0.39, 0.29) is 6.42 Å². The first-order valence-electron chi connectivity index (χ1n) is 6.56. The summed E-state index contributed by atoms with van der Waals surface area (Å²) in [4.78, 5) is 10.4. The summed E-state index contributed by atoms with van der Waals surface area (Å²) in [6, 6.07) is 0.613. The average molecular weight is 227 g/mol. The van der Waals surface area contributed by atoms with Crippen molar-refractivity contribution in [3.05, 3.63) is 0 Å². The van der Waals surface area contributed by atoms with E-state index in [1.54, 1.807) is 0 Å². The molecule has 1 saturated carbocycles. The SMILES string of the molecule is CC(C)C1CCCCC1NCCCC(=O)O. The van der Waals surface area contributed by atoms with Crippen LogP contribution in [0.2, 0.25) is 0 Å². The fourth-order valence-electron chi connectivity index (χ4n) is 2.74. The molecule has 2 N–H and O–H groups in total. The zero-order valence-corrected chi connectivity index (χ0v) is 10.5. The van der Waals surface area contributed by atoms with E-state index in [2.05, 4.69) is 19.2 Å². The number of carbonyl (C=O) groups is 1. The molecule has 0 heterocycles. The first kappa shape index (κ1) is 13.5. The molecule has 0 bridgehead atoms. The summed E-state index contributed by atoms with van der Waals surface area (Å²) in [6.07, 6.45) is 6.29. The highest BCUT2D eigenvalue weighted by Crippen LogP contribution is 2.30. The Morgan fingerprint density at radius 3 is 2.69 bits per heavy atom. The lowest BCUT2D eigenvalue weighted by molar-refractivity contribution is -0.137. The summed E-state index contributed by atoms with van der Waals surface area (Å²) in [5, 5.41) is 12.1.